The van der Waals surface area contributed by atoms with Gasteiger partial charge >= 0.3 is 0 Å². The third-order valence-electron chi connectivity index (χ3n) is 4.50. The highest BCUT2D eigenvalue weighted by molar-refractivity contribution is 5.73. The highest BCUT2D eigenvalue weighted by atomic mass is 16.2. The summed E-state index contributed by atoms with van der Waals surface area (Å²) in [6, 6.07) is 6.56. The summed E-state index contributed by atoms with van der Waals surface area (Å²) in [7, 11) is 0. The first-order valence-electron chi connectivity index (χ1n) is 8.29. The van der Waals surface area contributed by atoms with Gasteiger partial charge in [0.05, 0.1) is 11.4 Å². The van der Waals surface area contributed by atoms with E-state index in [2.05, 4.69) is 36.1 Å². The van der Waals surface area contributed by atoms with Crippen molar-refractivity contribution in [2.75, 3.05) is 13.1 Å². The number of rotatable bonds is 4. The number of pyridine rings is 1. The van der Waals surface area contributed by atoms with Crippen LogP contribution in [0.4, 0.5) is 0 Å². The molecule has 5 heteroatoms. The van der Waals surface area contributed by atoms with Gasteiger partial charge in [-0.05, 0) is 56.4 Å². The molecule has 1 amide bonds. The quantitative estimate of drug-likeness (QED) is 0.872. The fourth-order valence-corrected chi connectivity index (χ4v) is 3.29. The molecule has 5 nitrogen and oxygen atoms in total. The zero-order valence-corrected chi connectivity index (χ0v) is 14.1. The summed E-state index contributed by atoms with van der Waals surface area (Å²) in [5, 5.41) is 4.39. The molecule has 1 fully saturated rings. The second kappa shape index (κ2) is 6.52. The largest absolute Gasteiger partial charge is 0.343 e. The molecule has 3 heterocycles. The van der Waals surface area contributed by atoms with Crippen molar-refractivity contribution in [2.24, 2.45) is 5.92 Å². The summed E-state index contributed by atoms with van der Waals surface area (Å²) in [5.74, 6) is 0.730. The van der Waals surface area contributed by atoms with Crippen LogP contribution in [-0.4, -0.2) is 38.7 Å². The first-order chi connectivity index (χ1) is 11.0. The molecular formula is C18H24N4O. The number of amides is 1. The number of carbonyl (C=O) groups is 1. The van der Waals surface area contributed by atoms with Crippen molar-refractivity contribution in [3.05, 3.63) is 36.2 Å². The van der Waals surface area contributed by atoms with Crippen LogP contribution in [0.3, 0.4) is 0 Å². The van der Waals surface area contributed by atoms with Crippen molar-refractivity contribution >= 4 is 5.91 Å². The predicted molar refractivity (Wildman–Crippen MR) is 89.9 cm³/mol. The average Bonchev–Trinajstić information content (AvgIpc) is 3.16. The molecule has 0 N–H and O–H groups in total. The van der Waals surface area contributed by atoms with E-state index in [-0.39, 0.29) is 5.91 Å². The highest BCUT2D eigenvalue weighted by Crippen LogP contribution is 2.24. The molecule has 0 aliphatic carbocycles. The normalized spacial score (nSPS) is 17.9. The molecule has 122 valence electrons. The third kappa shape index (κ3) is 3.44. The molecule has 0 radical (unpaired) electrons. The Hall–Kier alpha value is -2.17. The standard InChI is InChI=1S/C18H24N4O/c1-13(2)22-18(5-8-20-22)17-11-15(4-7-19-17)10-16-6-9-21(12-16)14(3)23/h4-5,7-8,11,13,16H,6,9-10,12H2,1-3H3. The highest BCUT2D eigenvalue weighted by Gasteiger charge is 2.24. The first kappa shape index (κ1) is 15.7. The van der Waals surface area contributed by atoms with Crippen LogP contribution in [0.25, 0.3) is 11.4 Å². The minimum absolute atomic E-state index is 0.184. The van der Waals surface area contributed by atoms with E-state index in [9.17, 15) is 4.79 Å². The topological polar surface area (TPSA) is 51.0 Å². The summed E-state index contributed by atoms with van der Waals surface area (Å²) < 4.78 is 2.00. The van der Waals surface area contributed by atoms with E-state index >= 15 is 0 Å². The monoisotopic (exact) mass is 312 g/mol. The van der Waals surface area contributed by atoms with Crippen molar-refractivity contribution in [1.82, 2.24) is 19.7 Å². The van der Waals surface area contributed by atoms with Gasteiger partial charge in [-0.3, -0.25) is 14.5 Å². The minimum Gasteiger partial charge on any atom is -0.343 e. The molecule has 0 spiro atoms. The van der Waals surface area contributed by atoms with E-state index in [1.54, 1.807) is 6.92 Å². The molecule has 0 saturated carbocycles. The number of hydrogen-bond acceptors (Lipinski definition) is 3. The van der Waals surface area contributed by atoms with Crippen LogP contribution in [0.15, 0.2) is 30.6 Å². The molecule has 0 aromatic carbocycles. The van der Waals surface area contributed by atoms with E-state index in [4.69, 9.17) is 0 Å². The zero-order valence-electron chi connectivity index (χ0n) is 14.1. The van der Waals surface area contributed by atoms with Gasteiger partial charge in [-0.1, -0.05) is 0 Å². The summed E-state index contributed by atoms with van der Waals surface area (Å²) in [4.78, 5) is 17.9. The van der Waals surface area contributed by atoms with Gasteiger partial charge in [0.1, 0.15) is 0 Å². The van der Waals surface area contributed by atoms with Gasteiger partial charge in [-0.25, -0.2) is 0 Å². The van der Waals surface area contributed by atoms with Gasteiger partial charge in [0.25, 0.3) is 0 Å². The maximum atomic E-state index is 11.5. The molecule has 1 atom stereocenters. The summed E-state index contributed by atoms with van der Waals surface area (Å²) in [6.07, 6.45) is 5.78. The maximum absolute atomic E-state index is 11.5. The number of hydrogen-bond donors (Lipinski definition) is 0. The lowest BCUT2D eigenvalue weighted by Gasteiger charge is -2.14. The lowest BCUT2D eigenvalue weighted by atomic mass is 9.98. The Morgan fingerprint density at radius 1 is 1.35 bits per heavy atom. The summed E-state index contributed by atoms with van der Waals surface area (Å²) >= 11 is 0. The van der Waals surface area contributed by atoms with Crippen LogP contribution in [0.5, 0.6) is 0 Å². The Morgan fingerprint density at radius 3 is 2.87 bits per heavy atom. The van der Waals surface area contributed by atoms with Crippen LogP contribution >= 0.6 is 0 Å². The molecule has 3 rings (SSSR count). The molecular weight excluding hydrogens is 288 g/mol. The van der Waals surface area contributed by atoms with Crippen molar-refractivity contribution in [2.45, 2.75) is 39.7 Å². The second-order valence-corrected chi connectivity index (χ2v) is 6.63. The van der Waals surface area contributed by atoms with Crippen molar-refractivity contribution in [3.63, 3.8) is 0 Å². The zero-order chi connectivity index (χ0) is 16.4. The molecule has 2 aromatic heterocycles. The first-order valence-corrected chi connectivity index (χ1v) is 8.29. The van der Waals surface area contributed by atoms with E-state index in [0.29, 0.717) is 12.0 Å². The number of carbonyl (C=O) groups excluding carboxylic acids is 1. The molecule has 1 aliphatic rings. The number of aromatic nitrogens is 3. The third-order valence-corrected chi connectivity index (χ3v) is 4.50. The van der Waals surface area contributed by atoms with Crippen LogP contribution in [-0.2, 0) is 11.2 Å². The Bertz CT molecular complexity index is 692. The lowest BCUT2D eigenvalue weighted by Crippen LogP contribution is -2.26. The van der Waals surface area contributed by atoms with Gasteiger partial charge in [-0.2, -0.15) is 5.10 Å². The lowest BCUT2D eigenvalue weighted by molar-refractivity contribution is -0.127. The number of likely N-dealkylation sites (tertiary alicyclic amines) is 1. The van der Waals surface area contributed by atoms with Gasteiger partial charge in [0, 0.05) is 38.4 Å². The molecule has 1 aliphatic heterocycles. The minimum atomic E-state index is 0.184. The maximum Gasteiger partial charge on any atom is 0.219 e. The van der Waals surface area contributed by atoms with Gasteiger partial charge in [0.2, 0.25) is 5.91 Å². The summed E-state index contributed by atoms with van der Waals surface area (Å²) in [6.45, 7) is 7.65. The van der Waals surface area contributed by atoms with Gasteiger partial charge < -0.3 is 4.90 Å². The smallest absolute Gasteiger partial charge is 0.219 e. The van der Waals surface area contributed by atoms with Crippen LogP contribution in [0.2, 0.25) is 0 Å². The Labute approximate surface area is 137 Å². The second-order valence-electron chi connectivity index (χ2n) is 6.63. The van der Waals surface area contributed by atoms with Crippen LogP contribution in [0, 0.1) is 5.92 Å². The van der Waals surface area contributed by atoms with Crippen molar-refractivity contribution in [1.29, 1.82) is 0 Å². The fraction of sp³-hybridized carbons (Fsp3) is 0.500. The SMILES string of the molecule is CC(=O)N1CCC(Cc2ccnc(-c3ccnn3C(C)C)c2)C1. The van der Waals surface area contributed by atoms with Crippen LogP contribution in [0.1, 0.15) is 38.8 Å². The molecule has 23 heavy (non-hydrogen) atoms. The Morgan fingerprint density at radius 2 is 2.17 bits per heavy atom. The van der Waals surface area contributed by atoms with E-state index in [1.807, 2.05) is 28.0 Å². The van der Waals surface area contributed by atoms with Gasteiger partial charge in [0.15, 0.2) is 0 Å². The predicted octanol–water partition coefficient (Wildman–Crippen LogP) is 2.94. The average molecular weight is 312 g/mol. The molecule has 0 bridgehead atoms. The van der Waals surface area contributed by atoms with E-state index < -0.39 is 0 Å². The van der Waals surface area contributed by atoms with E-state index in [1.165, 1.54) is 5.56 Å². The molecule has 1 saturated heterocycles. The van der Waals surface area contributed by atoms with Crippen molar-refractivity contribution < 1.29 is 4.79 Å². The summed E-state index contributed by atoms with van der Waals surface area (Å²) in [5.41, 5.74) is 3.30. The van der Waals surface area contributed by atoms with Crippen LogP contribution < -0.4 is 0 Å². The Kier molecular flexibility index (Phi) is 4.46. The molecule has 1 unspecified atom stereocenters. The number of nitrogens with zero attached hydrogens (tertiary/aromatic N) is 4. The fourth-order valence-electron chi connectivity index (χ4n) is 3.29. The Balaban J connectivity index is 1.76. The van der Waals surface area contributed by atoms with E-state index in [0.717, 1.165) is 37.3 Å². The van der Waals surface area contributed by atoms with Gasteiger partial charge in [-0.15, -0.1) is 0 Å². The molecule has 2 aromatic rings. The van der Waals surface area contributed by atoms with Crippen molar-refractivity contribution in [3.8, 4) is 11.4 Å².